The number of methoxy groups -OCH3 is 2. The van der Waals surface area contributed by atoms with E-state index < -0.39 is 17.5 Å². The largest absolute Gasteiger partial charge is 0.388 e. The molecular weight excluding hydrogens is 444 g/mol. The molecule has 0 aromatic heterocycles. The number of hydrogen-bond donors (Lipinski definition) is 2. The Hall–Kier alpha value is -1.54. The molecule has 1 aliphatic heterocycles. The molecule has 4 aliphatic carbocycles. The van der Waals surface area contributed by atoms with Crippen LogP contribution in [0.5, 0.6) is 0 Å². The van der Waals surface area contributed by atoms with Gasteiger partial charge in [0.2, 0.25) is 0 Å². The van der Waals surface area contributed by atoms with Gasteiger partial charge in [0.15, 0.2) is 12.1 Å². The third-order valence-electron chi connectivity index (χ3n) is 9.86. The lowest BCUT2D eigenvalue weighted by Gasteiger charge is -2.56. The molecule has 2 saturated carbocycles. The molecule has 1 heterocycles. The molecular formula is C29H38O6. The van der Waals surface area contributed by atoms with Gasteiger partial charge >= 0.3 is 0 Å². The summed E-state index contributed by atoms with van der Waals surface area (Å²) >= 11 is 0. The summed E-state index contributed by atoms with van der Waals surface area (Å²) in [5.41, 5.74) is 3.72. The van der Waals surface area contributed by atoms with Crippen LogP contribution in [0.15, 0.2) is 47.6 Å². The SMILES string of the molecule is COC1(OC)CCC2=C3[C@@H](CC[C@@]2(O)C1)[C@@H]1C=C[C@H](O)[C@@]1(C)C[C@@H]3c1ccc(C2OCCO2)cc1. The van der Waals surface area contributed by atoms with Crippen LogP contribution >= 0.6 is 0 Å². The number of aliphatic hydroxyl groups is 2. The monoisotopic (exact) mass is 482 g/mol. The molecule has 1 aromatic rings. The van der Waals surface area contributed by atoms with Gasteiger partial charge in [0.05, 0.1) is 24.9 Å². The van der Waals surface area contributed by atoms with Crippen LogP contribution in [-0.4, -0.2) is 55.1 Å². The van der Waals surface area contributed by atoms with E-state index in [9.17, 15) is 10.2 Å². The maximum absolute atomic E-state index is 12.0. The summed E-state index contributed by atoms with van der Waals surface area (Å²) < 4.78 is 22.9. The molecule has 6 atom stereocenters. The zero-order chi connectivity index (χ0) is 24.4. The predicted octanol–water partition coefficient (Wildman–Crippen LogP) is 4.38. The van der Waals surface area contributed by atoms with Crippen LogP contribution in [0, 0.1) is 17.3 Å². The molecule has 190 valence electrons. The Kier molecular flexibility index (Phi) is 5.79. The minimum absolute atomic E-state index is 0.148. The zero-order valence-electron chi connectivity index (χ0n) is 21.0. The lowest BCUT2D eigenvalue weighted by Crippen LogP contribution is -2.54. The summed E-state index contributed by atoms with van der Waals surface area (Å²) in [5, 5.41) is 23.0. The molecule has 1 saturated heterocycles. The molecule has 2 N–H and O–H groups in total. The number of fused-ring (bicyclic) bond motifs is 4. The van der Waals surface area contributed by atoms with Crippen LogP contribution in [0.25, 0.3) is 0 Å². The lowest BCUT2D eigenvalue weighted by atomic mass is 9.51. The van der Waals surface area contributed by atoms with Crippen LogP contribution < -0.4 is 0 Å². The van der Waals surface area contributed by atoms with E-state index in [0.29, 0.717) is 32.0 Å². The quantitative estimate of drug-likeness (QED) is 0.490. The second-order valence-corrected chi connectivity index (χ2v) is 11.5. The van der Waals surface area contributed by atoms with Crippen molar-refractivity contribution in [3.8, 4) is 0 Å². The van der Waals surface area contributed by atoms with Gasteiger partial charge in [0, 0.05) is 44.0 Å². The van der Waals surface area contributed by atoms with E-state index in [1.165, 1.54) is 16.7 Å². The summed E-state index contributed by atoms with van der Waals surface area (Å²) in [7, 11) is 3.35. The molecule has 6 rings (SSSR count). The van der Waals surface area contributed by atoms with Crippen LogP contribution in [-0.2, 0) is 18.9 Å². The average Bonchev–Trinajstić information content (AvgIpc) is 3.51. The van der Waals surface area contributed by atoms with E-state index in [2.05, 4.69) is 37.3 Å². The molecule has 6 heteroatoms. The molecule has 0 bridgehead atoms. The van der Waals surface area contributed by atoms with E-state index in [0.717, 1.165) is 31.2 Å². The fourth-order valence-corrected chi connectivity index (χ4v) is 7.88. The van der Waals surface area contributed by atoms with Crippen LogP contribution in [0.3, 0.4) is 0 Å². The number of benzene rings is 1. The highest BCUT2D eigenvalue weighted by molar-refractivity contribution is 5.45. The van der Waals surface area contributed by atoms with Crippen LogP contribution in [0.1, 0.15) is 68.8 Å². The zero-order valence-corrected chi connectivity index (χ0v) is 21.0. The van der Waals surface area contributed by atoms with Crippen LogP contribution in [0.2, 0.25) is 0 Å². The van der Waals surface area contributed by atoms with Crippen LogP contribution in [0.4, 0.5) is 0 Å². The van der Waals surface area contributed by atoms with E-state index in [1.54, 1.807) is 14.2 Å². The first kappa shape index (κ1) is 23.8. The Morgan fingerprint density at radius 3 is 2.34 bits per heavy atom. The summed E-state index contributed by atoms with van der Waals surface area (Å²) in [6.45, 7) is 3.50. The topological polar surface area (TPSA) is 77.4 Å². The minimum atomic E-state index is -0.922. The third-order valence-corrected chi connectivity index (χ3v) is 9.86. The number of allylic oxidation sites excluding steroid dienone is 2. The fraction of sp³-hybridized carbons (Fsp3) is 0.655. The molecule has 0 amide bonds. The van der Waals surface area contributed by atoms with Gasteiger partial charge in [-0.3, -0.25) is 0 Å². The summed E-state index contributed by atoms with van der Waals surface area (Å²) in [4.78, 5) is 0. The molecule has 0 unspecified atom stereocenters. The Bertz CT molecular complexity index is 1020. The summed E-state index contributed by atoms with van der Waals surface area (Å²) in [6, 6.07) is 8.61. The number of aliphatic hydroxyl groups excluding tert-OH is 1. The minimum Gasteiger partial charge on any atom is -0.388 e. The van der Waals surface area contributed by atoms with Crippen molar-refractivity contribution < 1.29 is 29.2 Å². The van der Waals surface area contributed by atoms with Crippen molar-refractivity contribution in [2.75, 3.05) is 27.4 Å². The first-order chi connectivity index (χ1) is 16.8. The van der Waals surface area contributed by atoms with E-state index >= 15 is 0 Å². The van der Waals surface area contributed by atoms with Crippen molar-refractivity contribution in [3.63, 3.8) is 0 Å². The van der Waals surface area contributed by atoms with E-state index in [1.807, 2.05) is 6.08 Å². The first-order valence-corrected chi connectivity index (χ1v) is 13.1. The predicted molar refractivity (Wildman–Crippen MR) is 130 cm³/mol. The summed E-state index contributed by atoms with van der Waals surface area (Å²) in [5.74, 6) is 0.0178. The molecule has 6 nitrogen and oxygen atoms in total. The lowest BCUT2D eigenvalue weighted by molar-refractivity contribution is -0.246. The number of hydrogen-bond acceptors (Lipinski definition) is 6. The second kappa shape index (κ2) is 8.51. The molecule has 35 heavy (non-hydrogen) atoms. The van der Waals surface area contributed by atoms with Crippen molar-refractivity contribution in [3.05, 3.63) is 58.7 Å². The van der Waals surface area contributed by atoms with Gasteiger partial charge in [-0.2, -0.15) is 0 Å². The molecule has 3 fully saturated rings. The second-order valence-electron chi connectivity index (χ2n) is 11.5. The molecule has 5 aliphatic rings. The summed E-state index contributed by atoms with van der Waals surface area (Å²) in [6.07, 6.45) is 7.91. The van der Waals surface area contributed by atoms with Crippen molar-refractivity contribution in [1.29, 1.82) is 0 Å². The Balaban J connectivity index is 1.43. The smallest absolute Gasteiger partial charge is 0.184 e. The van der Waals surface area contributed by atoms with Crippen molar-refractivity contribution in [2.24, 2.45) is 17.3 Å². The van der Waals surface area contributed by atoms with Gasteiger partial charge in [-0.05, 0) is 48.7 Å². The Morgan fingerprint density at radius 1 is 0.971 bits per heavy atom. The van der Waals surface area contributed by atoms with Gasteiger partial charge < -0.3 is 29.2 Å². The third kappa shape index (κ3) is 3.60. The molecule has 0 radical (unpaired) electrons. The van der Waals surface area contributed by atoms with Gasteiger partial charge in [-0.1, -0.05) is 48.9 Å². The fourth-order valence-electron chi connectivity index (χ4n) is 7.88. The highest BCUT2D eigenvalue weighted by Crippen LogP contribution is 2.63. The van der Waals surface area contributed by atoms with E-state index in [-0.39, 0.29) is 23.5 Å². The Morgan fingerprint density at radius 2 is 1.66 bits per heavy atom. The number of ether oxygens (including phenoxy) is 4. The van der Waals surface area contributed by atoms with Gasteiger partial charge in [0.1, 0.15) is 0 Å². The van der Waals surface area contributed by atoms with Gasteiger partial charge in [-0.15, -0.1) is 0 Å². The van der Waals surface area contributed by atoms with Gasteiger partial charge in [-0.25, -0.2) is 0 Å². The van der Waals surface area contributed by atoms with Gasteiger partial charge in [0.25, 0.3) is 0 Å². The highest BCUT2D eigenvalue weighted by Gasteiger charge is 2.58. The number of rotatable bonds is 4. The standard InChI is InChI=1S/C29H38O6/c1-27-16-21(18-4-6-19(7-5-18)26-34-14-15-35-26)25-20(22(27)8-9-24(27)30)10-12-28(31)17-29(32-2,33-3)13-11-23(25)28/h4-9,20-22,24,26,30-31H,10-17H2,1-3H3/t20-,21+,22-,24-,27-,28+/m0/s1. The van der Waals surface area contributed by atoms with E-state index in [4.69, 9.17) is 18.9 Å². The first-order valence-electron chi connectivity index (χ1n) is 13.1. The van der Waals surface area contributed by atoms with Crippen molar-refractivity contribution in [1.82, 2.24) is 0 Å². The maximum Gasteiger partial charge on any atom is 0.184 e. The maximum atomic E-state index is 12.0. The van der Waals surface area contributed by atoms with Crippen molar-refractivity contribution >= 4 is 0 Å². The average molecular weight is 483 g/mol. The Labute approximate surface area is 207 Å². The normalized spacial score (nSPS) is 40.5. The molecule has 1 aromatic carbocycles. The van der Waals surface area contributed by atoms with Crippen molar-refractivity contribution in [2.45, 2.75) is 75.1 Å². The highest BCUT2D eigenvalue weighted by atomic mass is 16.7. The molecule has 0 spiro atoms.